The van der Waals surface area contributed by atoms with Gasteiger partial charge in [-0.1, -0.05) is 6.92 Å². The number of aryl methyl sites for hydroxylation is 1. The number of anilines is 1. The van der Waals surface area contributed by atoms with Gasteiger partial charge in [-0.2, -0.15) is 9.47 Å². The van der Waals surface area contributed by atoms with Crippen molar-refractivity contribution < 1.29 is 4.79 Å². The van der Waals surface area contributed by atoms with Crippen LogP contribution in [0.3, 0.4) is 0 Å². The van der Waals surface area contributed by atoms with Crippen LogP contribution in [0.5, 0.6) is 0 Å². The maximum atomic E-state index is 11.2. The average molecular weight is 253 g/mol. The summed E-state index contributed by atoms with van der Waals surface area (Å²) in [7, 11) is 0. The standard InChI is InChI=1S/C10H15N5OS/c1-2-8-13-10(17-15-8)11-5-3-4-7-6-12-14-9(7)16/h6-7H,2-5H2,1H3,(H,14,16)(H,11,13,15). The van der Waals surface area contributed by atoms with Crippen molar-refractivity contribution >= 4 is 28.8 Å². The fraction of sp³-hybridized carbons (Fsp3) is 0.600. The zero-order valence-corrected chi connectivity index (χ0v) is 10.5. The molecule has 2 rings (SSSR count). The summed E-state index contributed by atoms with van der Waals surface area (Å²) in [6.07, 6.45) is 4.24. The van der Waals surface area contributed by atoms with Crippen molar-refractivity contribution in [1.29, 1.82) is 0 Å². The molecule has 1 unspecified atom stereocenters. The Morgan fingerprint density at radius 2 is 2.47 bits per heavy atom. The fourth-order valence-corrected chi connectivity index (χ4v) is 2.21. The van der Waals surface area contributed by atoms with Gasteiger partial charge in [-0.05, 0) is 12.8 Å². The van der Waals surface area contributed by atoms with E-state index in [9.17, 15) is 4.79 Å². The molecule has 1 aromatic rings. The van der Waals surface area contributed by atoms with Gasteiger partial charge in [0.2, 0.25) is 11.0 Å². The Morgan fingerprint density at radius 3 is 3.12 bits per heavy atom. The zero-order valence-electron chi connectivity index (χ0n) is 9.64. The molecule has 0 radical (unpaired) electrons. The van der Waals surface area contributed by atoms with Crippen molar-refractivity contribution in [2.75, 3.05) is 11.9 Å². The number of hydrazone groups is 1. The minimum atomic E-state index is -0.0718. The number of nitrogens with zero attached hydrogens (tertiary/aromatic N) is 3. The Morgan fingerprint density at radius 1 is 1.59 bits per heavy atom. The number of carbonyl (C=O) groups excluding carboxylic acids is 1. The van der Waals surface area contributed by atoms with Crippen LogP contribution in [-0.4, -0.2) is 28.0 Å². The van der Waals surface area contributed by atoms with Gasteiger partial charge in [0, 0.05) is 30.7 Å². The largest absolute Gasteiger partial charge is 0.360 e. The summed E-state index contributed by atoms with van der Waals surface area (Å²) in [5.74, 6) is 0.798. The first-order valence-corrected chi connectivity index (χ1v) is 6.46. The number of amides is 1. The molecule has 2 N–H and O–H groups in total. The van der Waals surface area contributed by atoms with E-state index in [0.717, 1.165) is 36.8 Å². The van der Waals surface area contributed by atoms with Crippen molar-refractivity contribution in [3.05, 3.63) is 5.82 Å². The van der Waals surface area contributed by atoms with Crippen molar-refractivity contribution in [3.8, 4) is 0 Å². The van der Waals surface area contributed by atoms with Crippen LogP contribution in [0.1, 0.15) is 25.6 Å². The van der Waals surface area contributed by atoms with E-state index < -0.39 is 0 Å². The van der Waals surface area contributed by atoms with Gasteiger partial charge >= 0.3 is 0 Å². The second-order valence-corrected chi connectivity index (χ2v) is 4.55. The van der Waals surface area contributed by atoms with Crippen molar-refractivity contribution in [3.63, 3.8) is 0 Å². The van der Waals surface area contributed by atoms with Crippen molar-refractivity contribution in [2.24, 2.45) is 11.0 Å². The summed E-state index contributed by atoms with van der Waals surface area (Å²) in [5, 5.41) is 7.79. The van der Waals surface area contributed by atoms with Crippen LogP contribution in [0.25, 0.3) is 0 Å². The zero-order chi connectivity index (χ0) is 12.1. The Kier molecular flexibility index (Phi) is 4.03. The third kappa shape index (κ3) is 3.23. The minimum Gasteiger partial charge on any atom is -0.360 e. The Balaban J connectivity index is 1.66. The Labute approximate surface area is 104 Å². The second-order valence-electron chi connectivity index (χ2n) is 3.80. The first-order valence-electron chi connectivity index (χ1n) is 5.69. The molecule has 0 aromatic carbocycles. The van der Waals surface area contributed by atoms with E-state index in [0.29, 0.717) is 0 Å². The summed E-state index contributed by atoms with van der Waals surface area (Å²) in [6.45, 7) is 2.83. The molecule has 17 heavy (non-hydrogen) atoms. The maximum Gasteiger partial charge on any atom is 0.248 e. The van der Waals surface area contributed by atoms with Crippen LogP contribution in [0.4, 0.5) is 5.13 Å². The lowest BCUT2D eigenvalue weighted by Gasteiger charge is -2.04. The van der Waals surface area contributed by atoms with Crippen LogP contribution in [0.15, 0.2) is 5.10 Å². The van der Waals surface area contributed by atoms with Gasteiger partial charge in [0.15, 0.2) is 0 Å². The molecular formula is C10H15N5OS. The Hall–Kier alpha value is -1.50. The molecule has 0 spiro atoms. The molecule has 0 fully saturated rings. The average Bonchev–Trinajstić information content (AvgIpc) is 2.94. The highest BCUT2D eigenvalue weighted by Crippen LogP contribution is 2.12. The van der Waals surface area contributed by atoms with E-state index >= 15 is 0 Å². The Bertz CT molecular complexity index is 417. The molecule has 2 heterocycles. The third-order valence-electron chi connectivity index (χ3n) is 2.52. The third-order valence-corrected chi connectivity index (χ3v) is 3.23. The first-order chi connectivity index (χ1) is 8.29. The molecule has 1 aliphatic rings. The summed E-state index contributed by atoms with van der Waals surface area (Å²) in [6, 6.07) is 0. The van der Waals surface area contributed by atoms with Crippen molar-refractivity contribution in [1.82, 2.24) is 14.8 Å². The van der Waals surface area contributed by atoms with Crippen LogP contribution in [-0.2, 0) is 11.2 Å². The highest BCUT2D eigenvalue weighted by molar-refractivity contribution is 7.09. The predicted molar refractivity (Wildman–Crippen MR) is 67.1 cm³/mol. The molecule has 1 amide bonds. The van der Waals surface area contributed by atoms with Crippen LogP contribution >= 0.6 is 11.5 Å². The number of nitrogens with one attached hydrogen (secondary N) is 2. The summed E-state index contributed by atoms with van der Waals surface area (Å²) in [4.78, 5) is 15.5. The van der Waals surface area contributed by atoms with Crippen LogP contribution < -0.4 is 10.7 Å². The van der Waals surface area contributed by atoms with E-state index in [1.807, 2.05) is 6.92 Å². The van der Waals surface area contributed by atoms with Gasteiger partial charge in [-0.3, -0.25) is 4.79 Å². The van der Waals surface area contributed by atoms with Gasteiger partial charge in [0.05, 0.1) is 5.92 Å². The van der Waals surface area contributed by atoms with Crippen molar-refractivity contribution in [2.45, 2.75) is 26.2 Å². The highest BCUT2D eigenvalue weighted by atomic mass is 32.1. The van der Waals surface area contributed by atoms with E-state index in [1.54, 1.807) is 6.21 Å². The van der Waals surface area contributed by atoms with Crippen LogP contribution in [0.2, 0.25) is 0 Å². The highest BCUT2D eigenvalue weighted by Gasteiger charge is 2.19. The summed E-state index contributed by atoms with van der Waals surface area (Å²) in [5.41, 5.74) is 2.43. The molecule has 1 aromatic heterocycles. The molecule has 0 saturated carbocycles. The number of rotatable bonds is 6. The molecule has 1 atom stereocenters. The van der Waals surface area contributed by atoms with Crippen LogP contribution in [0, 0.1) is 5.92 Å². The SMILES string of the molecule is CCc1nsc(NCCCC2C=NNC2=O)n1. The second kappa shape index (κ2) is 5.72. The fourth-order valence-electron chi connectivity index (χ4n) is 1.53. The molecule has 92 valence electrons. The van der Waals surface area contributed by atoms with Gasteiger partial charge in [0.25, 0.3) is 0 Å². The molecule has 0 saturated heterocycles. The number of aromatic nitrogens is 2. The maximum absolute atomic E-state index is 11.2. The molecular weight excluding hydrogens is 238 g/mol. The van der Waals surface area contributed by atoms with Gasteiger partial charge in [-0.15, -0.1) is 0 Å². The predicted octanol–water partition coefficient (Wildman–Crippen LogP) is 1.02. The molecule has 1 aliphatic heterocycles. The lowest BCUT2D eigenvalue weighted by molar-refractivity contribution is -0.122. The smallest absolute Gasteiger partial charge is 0.248 e. The molecule has 7 heteroatoms. The monoisotopic (exact) mass is 253 g/mol. The van der Waals surface area contributed by atoms with Gasteiger partial charge in [0.1, 0.15) is 5.82 Å². The minimum absolute atomic E-state index is 0.00538. The number of carbonyl (C=O) groups is 1. The summed E-state index contributed by atoms with van der Waals surface area (Å²) >= 11 is 1.38. The molecule has 6 nitrogen and oxygen atoms in total. The van der Waals surface area contributed by atoms with E-state index in [1.165, 1.54) is 11.5 Å². The molecule has 0 aliphatic carbocycles. The van der Waals surface area contributed by atoms with E-state index in [2.05, 4.69) is 25.2 Å². The van der Waals surface area contributed by atoms with E-state index in [4.69, 9.17) is 0 Å². The number of hydrogen-bond acceptors (Lipinski definition) is 6. The number of hydrogen-bond donors (Lipinski definition) is 2. The topological polar surface area (TPSA) is 79.3 Å². The quantitative estimate of drug-likeness (QED) is 0.742. The first kappa shape index (κ1) is 12.0. The van der Waals surface area contributed by atoms with E-state index in [-0.39, 0.29) is 11.8 Å². The lowest BCUT2D eigenvalue weighted by Crippen LogP contribution is -2.20. The lowest BCUT2D eigenvalue weighted by atomic mass is 10.1. The normalized spacial score (nSPS) is 18.4. The molecule has 0 bridgehead atoms. The van der Waals surface area contributed by atoms with Gasteiger partial charge < -0.3 is 5.32 Å². The summed E-state index contributed by atoms with van der Waals surface area (Å²) < 4.78 is 4.19. The van der Waals surface area contributed by atoms with Gasteiger partial charge in [-0.25, -0.2) is 10.4 Å².